The monoisotopic (exact) mass is 225 g/mol. The second-order valence-corrected chi connectivity index (χ2v) is 2.68. The van der Waals surface area contributed by atoms with E-state index >= 15 is 0 Å². The highest BCUT2D eigenvalue weighted by Gasteiger charge is 2.00. The zero-order valence-electron chi connectivity index (χ0n) is 11.0. The Kier molecular flexibility index (Phi) is 14.4. The van der Waals surface area contributed by atoms with Crippen LogP contribution in [0.3, 0.4) is 0 Å². The third-order valence-electron chi connectivity index (χ3n) is 1.19. The maximum absolute atomic E-state index is 5.00. The number of aryl methyl sites for hydroxylation is 1. The molecule has 0 aliphatic rings. The summed E-state index contributed by atoms with van der Waals surface area (Å²) in [6.07, 6.45) is 7.04. The van der Waals surface area contributed by atoms with Crippen molar-refractivity contribution >= 4 is 0 Å². The van der Waals surface area contributed by atoms with Gasteiger partial charge in [0, 0.05) is 12.5 Å². The standard InChI is InChI=1S/C8H9NO2.C3H8.C2H6/c1-3-5-10-8-6-7(4-2)11-9-8;1-3-2;1-2/h1,6H,4-5H2,2H3;3H2,1-2H3;1-2H3. The zero-order chi connectivity index (χ0) is 12.8. The number of aromatic nitrogens is 1. The third kappa shape index (κ3) is 9.14. The van der Waals surface area contributed by atoms with Crippen LogP contribution in [0.2, 0.25) is 0 Å². The van der Waals surface area contributed by atoms with E-state index in [-0.39, 0.29) is 6.61 Å². The molecule has 0 amide bonds. The molecule has 1 heterocycles. The van der Waals surface area contributed by atoms with E-state index in [4.69, 9.17) is 15.7 Å². The molecule has 1 aromatic heterocycles. The van der Waals surface area contributed by atoms with Crippen LogP contribution in [0.25, 0.3) is 0 Å². The first-order valence-electron chi connectivity index (χ1n) is 5.80. The van der Waals surface area contributed by atoms with Gasteiger partial charge in [-0.1, -0.05) is 47.0 Å². The van der Waals surface area contributed by atoms with E-state index in [1.165, 1.54) is 6.42 Å². The fraction of sp³-hybridized carbons (Fsp3) is 0.615. The highest BCUT2D eigenvalue weighted by Crippen LogP contribution is 2.10. The Morgan fingerprint density at radius 2 is 1.94 bits per heavy atom. The molecule has 1 aromatic rings. The molecule has 92 valence electrons. The molecule has 0 saturated heterocycles. The summed E-state index contributed by atoms with van der Waals surface area (Å²) in [5, 5.41) is 3.63. The van der Waals surface area contributed by atoms with Crippen LogP contribution in [0.1, 0.15) is 46.8 Å². The largest absolute Gasteiger partial charge is 0.462 e. The number of hydrogen-bond acceptors (Lipinski definition) is 3. The SMILES string of the molecule is C#CCOc1cc(CC)on1.CC.CCC. The van der Waals surface area contributed by atoms with Crippen molar-refractivity contribution in [1.82, 2.24) is 5.16 Å². The van der Waals surface area contributed by atoms with Gasteiger partial charge in [0.15, 0.2) is 6.61 Å². The van der Waals surface area contributed by atoms with E-state index in [0.29, 0.717) is 5.88 Å². The molecule has 3 heteroatoms. The smallest absolute Gasteiger partial charge is 0.255 e. The molecule has 0 bridgehead atoms. The van der Waals surface area contributed by atoms with Crippen LogP contribution < -0.4 is 4.74 Å². The quantitative estimate of drug-likeness (QED) is 0.736. The molecule has 0 radical (unpaired) electrons. The molecule has 0 unspecified atom stereocenters. The summed E-state index contributed by atoms with van der Waals surface area (Å²) in [5.41, 5.74) is 0. The lowest BCUT2D eigenvalue weighted by Gasteiger charge is -1.90. The topological polar surface area (TPSA) is 35.3 Å². The van der Waals surface area contributed by atoms with Crippen LogP contribution in [-0.2, 0) is 6.42 Å². The first-order chi connectivity index (χ1) is 7.78. The Morgan fingerprint density at radius 1 is 1.38 bits per heavy atom. The predicted molar refractivity (Wildman–Crippen MR) is 67.5 cm³/mol. The molecular formula is C13H23NO2. The van der Waals surface area contributed by atoms with Gasteiger partial charge in [0.2, 0.25) is 0 Å². The summed E-state index contributed by atoms with van der Waals surface area (Å²) in [4.78, 5) is 0. The van der Waals surface area contributed by atoms with Gasteiger partial charge in [-0.2, -0.15) is 0 Å². The summed E-state index contributed by atoms with van der Waals surface area (Å²) in [7, 11) is 0. The van der Waals surface area contributed by atoms with Crippen molar-refractivity contribution in [2.75, 3.05) is 6.61 Å². The Morgan fingerprint density at radius 3 is 2.31 bits per heavy atom. The highest BCUT2D eigenvalue weighted by atomic mass is 16.5. The minimum Gasteiger partial charge on any atom is -0.462 e. The minimum atomic E-state index is 0.232. The van der Waals surface area contributed by atoms with Crippen LogP contribution in [0.4, 0.5) is 0 Å². The van der Waals surface area contributed by atoms with Gasteiger partial charge >= 0.3 is 0 Å². The average Bonchev–Trinajstić information content (AvgIpc) is 2.78. The van der Waals surface area contributed by atoms with Crippen molar-refractivity contribution in [1.29, 1.82) is 0 Å². The number of rotatable bonds is 3. The van der Waals surface area contributed by atoms with Crippen LogP contribution in [0, 0.1) is 12.3 Å². The number of terminal acetylenes is 1. The maximum atomic E-state index is 5.00. The maximum Gasteiger partial charge on any atom is 0.255 e. The molecule has 0 aromatic carbocycles. The molecular weight excluding hydrogens is 202 g/mol. The average molecular weight is 225 g/mol. The van der Waals surface area contributed by atoms with Crippen LogP contribution >= 0.6 is 0 Å². The molecule has 3 nitrogen and oxygen atoms in total. The zero-order valence-corrected chi connectivity index (χ0v) is 11.0. The summed E-state index contributed by atoms with van der Waals surface area (Å²) in [5.74, 6) is 3.60. The van der Waals surface area contributed by atoms with Crippen molar-refractivity contribution in [2.45, 2.75) is 47.5 Å². The van der Waals surface area contributed by atoms with Gasteiger partial charge in [0.1, 0.15) is 5.76 Å². The van der Waals surface area contributed by atoms with Crippen LogP contribution in [-0.4, -0.2) is 11.8 Å². The highest BCUT2D eigenvalue weighted by molar-refractivity contribution is 5.11. The Balaban J connectivity index is 0. The number of nitrogens with zero attached hydrogens (tertiary/aromatic N) is 1. The fourth-order valence-corrected chi connectivity index (χ4v) is 0.644. The fourth-order valence-electron chi connectivity index (χ4n) is 0.644. The normalized spacial score (nSPS) is 7.75. The lowest BCUT2D eigenvalue weighted by molar-refractivity contribution is 0.307. The van der Waals surface area contributed by atoms with E-state index in [1.807, 2.05) is 20.8 Å². The summed E-state index contributed by atoms with van der Waals surface area (Å²) < 4.78 is 9.86. The summed E-state index contributed by atoms with van der Waals surface area (Å²) in [6.45, 7) is 10.5. The summed E-state index contributed by atoms with van der Waals surface area (Å²) >= 11 is 0. The van der Waals surface area contributed by atoms with Crippen LogP contribution in [0.5, 0.6) is 5.88 Å². The van der Waals surface area contributed by atoms with Gasteiger partial charge in [-0.15, -0.1) is 6.42 Å². The van der Waals surface area contributed by atoms with Gasteiger partial charge in [-0.3, -0.25) is 0 Å². The third-order valence-corrected chi connectivity index (χ3v) is 1.19. The van der Waals surface area contributed by atoms with E-state index in [9.17, 15) is 0 Å². The molecule has 1 rings (SSSR count). The molecule has 0 N–H and O–H groups in total. The van der Waals surface area contributed by atoms with Crippen molar-refractivity contribution in [3.8, 4) is 18.2 Å². The molecule has 0 aliphatic heterocycles. The second-order valence-electron chi connectivity index (χ2n) is 2.68. The molecule has 0 fully saturated rings. The summed E-state index contributed by atoms with van der Waals surface area (Å²) in [6, 6.07) is 1.73. The van der Waals surface area contributed by atoms with Crippen molar-refractivity contribution in [2.24, 2.45) is 0 Å². The van der Waals surface area contributed by atoms with Gasteiger partial charge in [0.25, 0.3) is 5.88 Å². The molecule has 0 atom stereocenters. The molecule has 0 aliphatic carbocycles. The molecule has 0 spiro atoms. The Labute approximate surface area is 99.2 Å². The predicted octanol–water partition coefficient (Wildman–Crippen LogP) is 3.69. The first-order valence-corrected chi connectivity index (χ1v) is 5.80. The van der Waals surface area contributed by atoms with Crippen molar-refractivity contribution in [3.05, 3.63) is 11.8 Å². The lowest BCUT2D eigenvalue weighted by Crippen LogP contribution is -1.92. The van der Waals surface area contributed by atoms with E-state index in [0.717, 1.165) is 12.2 Å². The second kappa shape index (κ2) is 13.6. The minimum absolute atomic E-state index is 0.232. The van der Waals surface area contributed by atoms with Crippen LogP contribution in [0.15, 0.2) is 10.6 Å². The number of hydrogen-bond donors (Lipinski definition) is 0. The van der Waals surface area contributed by atoms with E-state index < -0.39 is 0 Å². The van der Waals surface area contributed by atoms with E-state index in [1.54, 1.807) is 6.07 Å². The first kappa shape index (κ1) is 17.0. The van der Waals surface area contributed by atoms with Gasteiger partial charge in [-0.25, -0.2) is 0 Å². The lowest BCUT2D eigenvalue weighted by atomic mass is 10.4. The van der Waals surface area contributed by atoms with Gasteiger partial charge < -0.3 is 9.26 Å². The van der Waals surface area contributed by atoms with Gasteiger partial charge in [0.05, 0.1) is 0 Å². The van der Waals surface area contributed by atoms with Crippen molar-refractivity contribution < 1.29 is 9.26 Å². The van der Waals surface area contributed by atoms with Gasteiger partial charge in [-0.05, 0) is 5.16 Å². The molecule has 0 saturated carbocycles. The Bertz CT molecular complexity index is 274. The van der Waals surface area contributed by atoms with E-state index in [2.05, 4.69) is 24.9 Å². The van der Waals surface area contributed by atoms with Crippen molar-refractivity contribution in [3.63, 3.8) is 0 Å². The number of ether oxygens (including phenoxy) is 1. The molecule has 16 heavy (non-hydrogen) atoms. The Hall–Kier alpha value is -1.43.